The number of rotatable bonds is 10. The van der Waals surface area contributed by atoms with Crippen molar-refractivity contribution in [3.05, 3.63) is 58.2 Å². The number of pyridine rings is 1. The number of ether oxygens (including phenoxy) is 1. The lowest BCUT2D eigenvalue weighted by atomic mass is 10.0. The van der Waals surface area contributed by atoms with E-state index >= 15 is 0 Å². The van der Waals surface area contributed by atoms with Crippen LogP contribution in [0.2, 0.25) is 10.0 Å². The van der Waals surface area contributed by atoms with Crippen molar-refractivity contribution in [3.8, 4) is 16.9 Å². The smallest absolute Gasteiger partial charge is 0.222 e. The summed E-state index contributed by atoms with van der Waals surface area (Å²) in [7, 11) is 0. The van der Waals surface area contributed by atoms with Gasteiger partial charge >= 0.3 is 0 Å². The van der Waals surface area contributed by atoms with Crippen LogP contribution in [0, 0.1) is 5.82 Å². The maximum Gasteiger partial charge on any atom is 0.222 e. The van der Waals surface area contributed by atoms with Gasteiger partial charge in [-0.1, -0.05) is 29.6 Å². The van der Waals surface area contributed by atoms with Gasteiger partial charge in [-0.15, -0.1) is 0 Å². The lowest BCUT2D eigenvalue weighted by Gasteiger charge is -2.32. The molecule has 1 fully saturated rings. The number of likely N-dealkylation sites (tertiary alicyclic amines) is 1. The molecule has 1 aliphatic heterocycles. The summed E-state index contributed by atoms with van der Waals surface area (Å²) in [4.78, 5) is 18.7. The van der Waals surface area contributed by atoms with Gasteiger partial charge in [-0.05, 0) is 57.4 Å². The van der Waals surface area contributed by atoms with Crippen LogP contribution in [0.1, 0.15) is 63.2 Å². The average Bonchev–Trinajstić information content (AvgIpc) is 3.41. The molecular formula is C27H33Cl2FN6O2. The van der Waals surface area contributed by atoms with E-state index in [0.717, 1.165) is 56.3 Å². The van der Waals surface area contributed by atoms with Gasteiger partial charge in [-0.25, -0.2) is 9.37 Å². The van der Waals surface area contributed by atoms with Crippen LogP contribution in [0.5, 0.6) is 5.75 Å². The van der Waals surface area contributed by atoms with Gasteiger partial charge in [0.2, 0.25) is 5.91 Å². The summed E-state index contributed by atoms with van der Waals surface area (Å²) in [5.41, 5.74) is 13.6. The van der Waals surface area contributed by atoms with Crippen LogP contribution in [0.4, 0.5) is 10.2 Å². The molecule has 38 heavy (non-hydrogen) atoms. The van der Waals surface area contributed by atoms with Gasteiger partial charge in [-0.3, -0.25) is 9.48 Å². The first-order valence-electron chi connectivity index (χ1n) is 12.9. The van der Waals surface area contributed by atoms with Crippen LogP contribution < -0.4 is 16.2 Å². The van der Waals surface area contributed by atoms with Crippen molar-refractivity contribution in [3.63, 3.8) is 0 Å². The summed E-state index contributed by atoms with van der Waals surface area (Å²) in [5, 5.41) is 4.78. The van der Waals surface area contributed by atoms with E-state index < -0.39 is 11.9 Å². The Kier molecular flexibility index (Phi) is 9.46. The highest BCUT2D eigenvalue weighted by atomic mass is 35.5. The van der Waals surface area contributed by atoms with Crippen molar-refractivity contribution in [2.75, 3.05) is 25.4 Å². The largest absolute Gasteiger partial charge is 0.482 e. The van der Waals surface area contributed by atoms with Crippen LogP contribution >= 0.6 is 23.2 Å². The number of hydrogen-bond acceptors (Lipinski definition) is 6. The van der Waals surface area contributed by atoms with Crippen LogP contribution in [0.15, 0.2) is 36.8 Å². The fourth-order valence-corrected chi connectivity index (χ4v) is 5.37. The Hall–Kier alpha value is -2.88. The Morgan fingerprint density at radius 1 is 1.18 bits per heavy atom. The molecule has 0 radical (unpaired) electrons. The number of aromatic nitrogens is 3. The zero-order valence-corrected chi connectivity index (χ0v) is 22.9. The number of unbranched alkanes of at least 4 members (excludes halogenated alkanes) is 2. The van der Waals surface area contributed by atoms with Gasteiger partial charge in [0, 0.05) is 53.6 Å². The molecule has 1 aromatic carbocycles. The molecule has 1 atom stereocenters. The summed E-state index contributed by atoms with van der Waals surface area (Å²) < 4.78 is 22.0. The number of hydrogen-bond donors (Lipinski definition) is 2. The molecule has 0 spiro atoms. The van der Waals surface area contributed by atoms with Gasteiger partial charge in [0.25, 0.3) is 0 Å². The van der Waals surface area contributed by atoms with Gasteiger partial charge in [0.05, 0.1) is 17.3 Å². The first-order valence-corrected chi connectivity index (χ1v) is 13.6. The minimum atomic E-state index is -0.665. The van der Waals surface area contributed by atoms with Crippen molar-refractivity contribution in [2.45, 2.75) is 57.6 Å². The number of carbonyl (C=O) groups is 1. The predicted molar refractivity (Wildman–Crippen MR) is 148 cm³/mol. The highest BCUT2D eigenvalue weighted by Crippen LogP contribution is 2.37. The Morgan fingerprint density at radius 2 is 1.95 bits per heavy atom. The van der Waals surface area contributed by atoms with Gasteiger partial charge in [-0.2, -0.15) is 5.10 Å². The van der Waals surface area contributed by atoms with Crippen molar-refractivity contribution in [1.29, 1.82) is 0 Å². The first-order chi connectivity index (χ1) is 18.3. The Labute approximate surface area is 232 Å². The molecule has 4 rings (SSSR count). The third-order valence-corrected chi connectivity index (χ3v) is 7.61. The fraction of sp³-hybridized carbons (Fsp3) is 0.444. The second-order valence-corrected chi connectivity index (χ2v) is 10.3. The number of nitrogens with zero attached hydrogens (tertiary/aromatic N) is 4. The summed E-state index contributed by atoms with van der Waals surface area (Å²) in [6.07, 6.45) is 9.85. The van der Waals surface area contributed by atoms with E-state index in [-0.39, 0.29) is 22.8 Å². The third kappa shape index (κ3) is 6.57. The maximum absolute atomic E-state index is 14.0. The highest BCUT2D eigenvalue weighted by molar-refractivity contribution is 6.36. The second kappa shape index (κ2) is 12.8. The molecule has 0 saturated carbocycles. The molecule has 204 valence electrons. The molecule has 3 heterocycles. The predicted octanol–water partition coefficient (Wildman–Crippen LogP) is 5.80. The number of anilines is 1. The number of carbonyl (C=O) groups excluding carboxylic acids is 1. The van der Waals surface area contributed by atoms with E-state index in [4.69, 9.17) is 39.4 Å². The second-order valence-electron chi connectivity index (χ2n) is 9.54. The number of nitrogens with two attached hydrogens (primary N) is 2. The Bertz CT molecular complexity index is 1260. The monoisotopic (exact) mass is 562 g/mol. The van der Waals surface area contributed by atoms with Crippen LogP contribution in [0.25, 0.3) is 11.1 Å². The number of benzene rings is 1. The molecule has 8 nitrogen and oxygen atoms in total. The summed E-state index contributed by atoms with van der Waals surface area (Å²) >= 11 is 12.4. The molecule has 1 amide bonds. The molecule has 3 aromatic rings. The van der Waals surface area contributed by atoms with E-state index in [1.807, 2.05) is 15.8 Å². The minimum absolute atomic E-state index is 0.0895. The number of amides is 1. The standard InChI is InChI=1S/C27H33Cl2FN6O2/c1-17(25-21(28)6-7-22(30)26(25)29)38-23-13-18(14-33-27(23)32)19-15-34-36(16-19)20-8-11-35(12-9-20)24(37)5-3-2-4-10-31/h6-7,13-17,20H,2-5,8-12,31H2,1H3,(H2,32,33)/t17-/m0/s1. The average molecular weight is 564 g/mol. The molecule has 1 aliphatic rings. The van der Waals surface area contributed by atoms with Gasteiger partial charge in [0.15, 0.2) is 11.6 Å². The molecule has 0 bridgehead atoms. The van der Waals surface area contributed by atoms with E-state index in [0.29, 0.717) is 29.3 Å². The maximum atomic E-state index is 14.0. The van der Waals surface area contributed by atoms with E-state index in [1.54, 1.807) is 25.4 Å². The Morgan fingerprint density at radius 3 is 2.68 bits per heavy atom. The SMILES string of the molecule is C[C@H](Oc1cc(-c2cnn(C3CCN(C(=O)CCCCCN)CC3)c2)cnc1N)c1c(Cl)ccc(F)c1Cl. The summed E-state index contributed by atoms with van der Waals surface area (Å²) in [6, 6.07) is 4.63. The zero-order valence-electron chi connectivity index (χ0n) is 21.4. The van der Waals surface area contributed by atoms with Crippen LogP contribution in [0.3, 0.4) is 0 Å². The molecule has 0 unspecified atom stereocenters. The zero-order chi connectivity index (χ0) is 27.2. The number of piperidine rings is 1. The lowest BCUT2D eigenvalue weighted by molar-refractivity contribution is -0.132. The lowest BCUT2D eigenvalue weighted by Crippen LogP contribution is -2.39. The van der Waals surface area contributed by atoms with Crippen molar-refractivity contribution < 1.29 is 13.9 Å². The molecule has 1 saturated heterocycles. The number of nitrogen functional groups attached to an aromatic ring is 1. The first kappa shape index (κ1) is 28.1. The quantitative estimate of drug-likeness (QED) is 0.238. The highest BCUT2D eigenvalue weighted by Gasteiger charge is 2.25. The topological polar surface area (TPSA) is 112 Å². The normalized spacial score (nSPS) is 15.0. The summed E-state index contributed by atoms with van der Waals surface area (Å²) in [6.45, 7) is 3.83. The molecular weight excluding hydrogens is 530 g/mol. The summed E-state index contributed by atoms with van der Waals surface area (Å²) in [5.74, 6) is 0.165. The molecule has 4 N–H and O–H groups in total. The van der Waals surface area contributed by atoms with E-state index in [9.17, 15) is 9.18 Å². The minimum Gasteiger partial charge on any atom is -0.482 e. The van der Waals surface area contributed by atoms with Crippen molar-refractivity contribution in [2.24, 2.45) is 5.73 Å². The van der Waals surface area contributed by atoms with Crippen LogP contribution in [-0.2, 0) is 4.79 Å². The van der Waals surface area contributed by atoms with Gasteiger partial charge in [0.1, 0.15) is 11.9 Å². The van der Waals surface area contributed by atoms with E-state index in [2.05, 4.69) is 10.1 Å². The van der Waals surface area contributed by atoms with Gasteiger partial charge < -0.3 is 21.1 Å². The molecule has 0 aliphatic carbocycles. The molecule has 2 aromatic heterocycles. The number of halogens is 3. The van der Waals surface area contributed by atoms with Crippen molar-refractivity contribution >= 4 is 34.9 Å². The fourth-order valence-electron chi connectivity index (χ4n) is 4.69. The van der Waals surface area contributed by atoms with Crippen LogP contribution in [-0.4, -0.2) is 45.2 Å². The third-order valence-electron chi connectivity index (χ3n) is 6.89. The van der Waals surface area contributed by atoms with Crippen molar-refractivity contribution in [1.82, 2.24) is 19.7 Å². The Balaban J connectivity index is 1.40. The van der Waals surface area contributed by atoms with E-state index in [1.165, 1.54) is 12.1 Å². The molecule has 11 heteroatoms.